The van der Waals surface area contributed by atoms with Crippen molar-refractivity contribution in [2.24, 2.45) is 0 Å². The van der Waals surface area contributed by atoms with Crippen LogP contribution in [0.4, 0.5) is 0 Å². The number of furan rings is 1. The Morgan fingerprint density at radius 2 is 2.60 bits per heavy atom. The van der Waals surface area contributed by atoms with E-state index in [0.717, 1.165) is 0 Å². The average Bonchev–Trinajstić information content (AvgIpc) is 2.38. The molecule has 1 amide bonds. The molecule has 4 heteroatoms. The summed E-state index contributed by atoms with van der Waals surface area (Å²) in [4.78, 5) is 10.9. The first-order chi connectivity index (χ1) is 4.84. The molecule has 0 aliphatic heterocycles. The second-order valence-corrected chi connectivity index (χ2v) is 1.87. The lowest BCUT2D eigenvalue weighted by Crippen LogP contribution is -2.24. The van der Waals surface area contributed by atoms with Gasteiger partial charge in [0.1, 0.15) is 6.26 Å². The van der Waals surface area contributed by atoms with Gasteiger partial charge in [-0.05, 0) is 6.07 Å². The molecule has 0 fully saturated rings. The summed E-state index contributed by atoms with van der Waals surface area (Å²) < 4.78 is 4.72. The zero-order valence-corrected chi connectivity index (χ0v) is 5.76. The van der Waals surface area contributed by atoms with Crippen LogP contribution in [0.15, 0.2) is 23.0 Å². The van der Waals surface area contributed by atoms with Crippen LogP contribution < -0.4 is 5.23 Å². The minimum Gasteiger partial charge on any atom is -0.472 e. The van der Waals surface area contributed by atoms with E-state index in [1.54, 1.807) is 6.07 Å². The molecule has 1 aromatic rings. The molecule has 0 spiro atoms. The van der Waals surface area contributed by atoms with Crippen molar-refractivity contribution in [3.05, 3.63) is 24.2 Å². The van der Waals surface area contributed by atoms with E-state index in [9.17, 15) is 4.79 Å². The van der Waals surface area contributed by atoms with E-state index in [0.29, 0.717) is 13.0 Å². The van der Waals surface area contributed by atoms with Gasteiger partial charge < -0.3 is 9.64 Å². The van der Waals surface area contributed by atoms with Crippen LogP contribution >= 0.6 is 0 Å². The van der Waals surface area contributed by atoms with Crippen LogP contribution in [-0.4, -0.2) is 13.3 Å². The van der Waals surface area contributed by atoms with Gasteiger partial charge in [0.25, 0.3) is 0 Å². The highest BCUT2D eigenvalue weighted by Crippen LogP contribution is 1.97. The van der Waals surface area contributed by atoms with Gasteiger partial charge in [0.15, 0.2) is 0 Å². The number of nitrogens with one attached hydrogen (secondary N) is 1. The summed E-state index contributed by atoms with van der Waals surface area (Å²) in [5, 5.41) is 2.65. The van der Waals surface area contributed by atoms with Gasteiger partial charge in [0.05, 0.1) is 11.8 Å². The number of hydrogen-bond acceptors (Lipinski definition) is 2. The third-order valence-corrected chi connectivity index (χ3v) is 1.12. The van der Waals surface area contributed by atoms with Crippen LogP contribution in [0, 0.1) is 0 Å². The highest BCUT2D eigenvalue weighted by atomic mass is 16.3. The maximum absolute atomic E-state index is 10.9. The Morgan fingerprint density at radius 3 is 3.10 bits per heavy atom. The minimum atomic E-state index is -0.0868. The summed E-state index contributed by atoms with van der Waals surface area (Å²) >= 11 is 0. The van der Waals surface area contributed by atoms with Crippen molar-refractivity contribution in [1.29, 1.82) is 0 Å². The van der Waals surface area contributed by atoms with Crippen molar-refractivity contribution in [2.75, 3.05) is 0 Å². The third kappa shape index (κ3) is 1.40. The van der Waals surface area contributed by atoms with Crippen LogP contribution in [0.25, 0.3) is 0 Å². The maximum Gasteiger partial charge on any atom is 0.242 e. The van der Waals surface area contributed by atoms with Gasteiger partial charge >= 0.3 is 0 Å². The smallest absolute Gasteiger partial charge is 0.242 e. The van der Waals surface area contributed by atoms with Crippen molar-refractivity contribution in [3.8, 4) is 0 Å². The van der Waals surface area contributed by atoms with E-state index in [-0.39, 0.29) is 5.91 Å². The molecule has 0 aliphatic rings. The van der Waals surface area contributed by atoms with Gasteiger partial charge in [-0.3, -0.25) is 4.79 Å². The molecule has 0 atom stereocenters. The highest BCUT2D eigenvalue weighted by Gasteiger charge is 2.02. The first kappa shape index (κ1) is 6.93. The number of carbonyl (C=O) groups is 1. The Kier molecular flexibility index (Phi) is 2.15. The quantitative estimate of drug-likeness (QED) is 0.599. The summed E-state index contributed by atoms with van der Waals surface area (Å²) in [5.41, 5.74) is 0.571. The standard InChI is InChI=1S/C6H8BNO2/c1-7-8-6(9)5-2-3-10-4-5/h2-4,7H,1H3,(H,8,9). The van der Waals surface area contributed by atoms with Crippen molar-refractivity contribution in [3.63, 3.8) is 0 Å². The van der Waals surface area contributed by atoms with Crippen LogP contribution in [-0.2, 0) is 0 Å². The SMILES string of the molecule is CBNC(=O)c1ccoc1. The lowest BCUT2D eigenvalue weighted by atomic mass is 10.00. The van der Waals surface area contributed by atoms with Gasteiger partial charge in [-0.2, -0.15) is 0 Å². The van der Waals surface area contributed by atoms with Gasteiger partial charge in [0, 0.05) is 0 Å². The molecule has 1 rings (SSSR count). The lowest BCUT2D eigenvalue weighted by molar-refractivity contribution is 0.0980. The Labute approximate surface area is 59.7 Å². The summed E-state index contributed by atoms with van der Waals surface area (Å²) in [6.45, 7) is 1.87. The van der Waals surface area contributed by atoms with Gasteiger partial charge in [-0.1, -0.05) is 6.82 Å². The van der Waals surface area contributed by atoms with Crippen LogP contribution in [0.3, 0.4) is 0 Å². The molecule has 0 aliphatic carbocycles. The second-order valence-electron chi connectivity index (χ2n) is 1.87. The van der Waals surface area contributed by atoms with Gasteiger partial charge in [-0.15, -0.1) is 0 Å². The Hall–Kier alpha value is -1.19. The molecular formula is C6H8BNO2. The van der Waals surface area contributed by atoms with Gasteiger partial charge in [-0.25, -0.2) is 0 Å². The number of rotatable bonds is 2. The zero-order chi connectivity index (χ0) is 7.40. The monoisotopic (exact) mass is 137 g/mol. The summed E-state index contributed by atoms with van der Waals surface area (Å²) in [7, 11) is 0.643. The van der Waals surface area contributed by atoms with E-state index in [1.165, 1.54) is 12.5 Å². The molecule has 0 saturated heterocycles. The molecule has 10 heavy (non-hydrogen) atoms. The van der Waals surface area contributed by atoms with E-state index in [2.05, 4.69) is 5.23 Å². The topological polar surface area (TPSA) is 42.2 Å². The zero-order valence-electron chi connectivity index (χ0n) is 5.76. The molecule has 1 aromatic heterocycles. The van der Waals surface area contributed by atoms with E-state index < -0.39 is 0 Å². The fourth-order valence-corrected chi connectivity index (χ4v) is 0.656. The summed E-state index contributed by atoms with van der Waals surface area (Å²) in [6.07, 6.45) is 2.90. The molecule has 3 nitrogen and oxygen atoms in total. The van der Waals surface area contributed by atoms with E-state index in [1.807, 2.05) is 6.82 Å². The Morgan fingerprint density at radius 1 is 1.80 bits per heavy atom. The molecular weight excluding hydrogens is 129 g/mol. The summed E-state index contributed by atoms with van der Waals surface area (Å²) in [6, 6.07) is 1.63. The Balaban J connectivity index is 2.59. The van der Waals surface area contributed by atoms with Crippen LogP contribution in [0.2, 0.25) is 6.82 Å². The predicted octanol–water partition coefficient (Wildman–Crippen LogP) is 0.409. The number of hydrogen-bond donors (Lipinski definition) is 1. The van der Waals surface area contributed by atoms with Crippen LogP contribution in [0.1, 0.15) is 10.4 Å². The van der Waals surface area contributed by atoms with Crippen molar-refractivity contribution in [2.45, 2.75) is 6.82 Å². The third-order valence-electron chi connectivity index (χ3n) is 1.12. The van der Waals surface area contributed by atoms with Crippen molar-refractivity contribution in [1.82, 2.24) is 5.23 Å². The fraction of sp³-hybridized carbons (Fsp3) is 0.167. The predicted molar refractivity (Wildman–Crippen MR) is 39.2 cm³/mol. The molecule has 0 unspecified atom stereocenters. The van der Waals surface area contributed by atoms with Crippen LogP contribution in [0.5, 0.6) is 0 Å². The maximum atomic E-state index is 10.9. The molecule has 0 saturated carbocycles. The summed E-state index contributed by atoms with van der Waals surface area (Å²) in [5.74, 6) is -0.0868. The Bertz CT molecular complexity index is 208. The first-order valence-electron chi connectivity index (χ1n) is 3.15. The minimum absolute atomic E-state index is 0.0868. The molecule has 0 aromatic carbocycles. The first-order valence-corrected chi connectivity index (χ1v) is 3.15. The highest BCUT2D eigenvalue weighted by molar-refractivity contribution is 6.36. The second kappa shape index (κ2) is 3.10. The van der Waals surface area contributed by atoms with Crippen molar-refractivity contribution < 1.29 is 9.21 Å². The largest absolute Gasteiger partial charge is 0.472 e. The molecule has 0 radical (unpaired) electrons. The molecule has 1 heterocycles. The number of amides is 1. The fourth-order valence-electron chi connectivity index (χ4n) is 0.656. The number of carbonyl (C=O) groups excluding carboxylic acids is 1. The van der Waals surface area contributed by atoms with Gasteiger partial charge in [0.2, 0.25) is 13.3 Å². The molecule has 1 N–H and O–H groups in total. The van der Waals surface area contributed by atoms with Crippen molar-refractivity contribution >= 4 is 13.3 Å². The molecule has 0 bridgehead atoms. The normalized spacial score (nSPS) is 8.90. The molecule has 52 valence electrons. The van der Waals surface area contributed by atoms with E-state index in [4.69, 9.17) is 4.42 Å². The van der Waals surface area contributed by atoms with E-state index >= 15 is 0 Å². The average molecular weight is 137 g/mol. The lowest BCUT2D eigenvalue weighted by Gasteiger charge is -1.94.